The van der Waals surface area contributed by atoms with Crippen LogP contribution in [0, 0.1) is 0 Å². The molecule has 10 nitrogen and oxygen atoms in total. The summed E-state index contributed by atoms with van der Waals surface area (Å²) in [6.07, 6.45) is 2.81. The molecular formula is C24H18ClN7O3. The molecule has 5 aromatic rings. The lowest BCUT2D eigenvalue weighted by molar-refractivity contribution is 0.0982. The highest BCUT2D eigenvalue weighted by atomic mass is 35.5. The Bertz CT molecular complexity index is 1610. The van der Waals surface area contributed by atoms with Gasteiger partial charge in [-0.3, -0.25) is 9.59 Å². The number of rotatable bonds is 4. The van der Waals surface area contributed by atoms with Gasteiger partial charge in [0.05, 0.1) is 23.8 Å². The lowest BCUT2D eigenvalue weighted by Gasteiger charge is -2.17. The van der Waals surface area contributed by atoms with Gasteiger partial charge < -0.3 is 20.3 Å². The molecule has 1 aliphatic rings. The first kappa shape index (κ1) is 21.1. The summed E-state index contributed by atoms with van der Waals surface area (Å²) in [5, 5.41) is 25.3. The maximum absolute atomic E-state index is 13.6. The fourth-order valence-corrected chi connectivity index (χ4v) is 4.85. The molecule has 2 aromatic carbocycles. The van der Waals surface area contributed by atoms with Gasteiger partial charge in [-0.2, -0.15) is 15.4 Å². The number of nitrogens with zero attached hydrogens (tertiary/aromatic N) is 4. The molecule has 0 saturated heterocycles. The second-order valence-electron chi connectivity index (χ2n) is 8.30. The van der Waals surface area contributed by atoms with Gasteiger partial charge >= 0.3 is 0 Å². The number of pyridine rings is 1. The Kier molecular flexibility index (Phi) is 4.89. The number of carbonyl (C=O) groups excluding carboxylic acids is 2. The molecule has 0 radical (unpaired) electrons. The van der Waals surface area contributed by atoms with Gasteiger partial charge in [0.15, 0.2) is 5.69 Å². The number of phenolic OH excluding ortho intramolecular Hbond substituents is 1. The molecule has 4 N–H and O–H groups in total. The molecule has 4 heterocycles. The van der Waals surface area contributed by atoms with Crippen LogP contribution in [0.5, 0.6) is 5.75 Å². The van der Waals surface area contributed by atoms with Crippen molar-refractivity contribution in [2.45, 2.75) is 5.92 Å². The number of hydrogen-bond donors (Lipinski definition) is 4. The molecule has 6 rings (SSSR count). The Balaban J connectivity index is 1.34. The fourth-order valence-electron chi connectivity index (χ4n) is 4.60. The largest absolute Gasteiger partial charge is 0.507 e. The lowest BCUT2D eigenvalue weighted by atomic mass is 9.95. The van der Waals surface area contributed by atoms with E-state index in [-0.39, 0.29) is 23.3 Å². The smallest absolute Gasteiger partial charge is 0.277 e. The molecular weight excluding hydrogens is 470 g/mol. The summed E-state index contributed by atoms with van der Waals surface area (Å²) in [7, 11) is 0. The molecule has 11 heteroatoms. The molecule has 174 valence electrons. The average molecular weight is 488 g/mol. The molecule has 0 aliphatic carbocycles. The van der Waals surface area contributed by atoms with E-state index in [0.29, 0.717) is 40.5 Å². The number of anilines is 2. The monoisotopic (exact) mass is 487 g/mol. The van der Waals surface area contributed by atoms with Crippen molar-refractivity contribution in [2.24, 2.45) is 0 Å². The van der Waals surface area contributed by atoms with Crippen LogP contribution < -0.4 is 10.2 Å². The van der Waals surface area contributed by atoms with Gasteiger partial charge in [-0.1, -0.05) is 24.3 Å². The van der Waals surface area contributed by atoms with E-state index in [9.17, 15) is 14.7 Å². The van der Waals surface area contributed by atoms with Crippen molar-refractivity contribution in [1.29, 1.82) is 0 Å². The van der Waals surface area contributed by atoms with Crippen molar-refractivity contribution >= 4 is 56.6 Å². The number of aromatic amines is 2. The van der Waals surface area contributed by atoms with Crippen molar-refractivity contribution in [1.82, 2.24) is 25.4 Å². The second kappa shape index (κ2) is 8.10. The Hall–Kier alpha value is -4.44. The van der Waals surface area contributed by atoms with E-state index in [4.69, 9.17) is 11.6 Å². The number of halogens is 1. The molecule has 0 unspecified atom stereocenters. The third kappa shape index (κ3) is 3.46. The van der Waals surface area contributed by atoms with Crippen LogP contribution in [0.15, 0.2) is 54.9 Å². The second-order valence-corrected chi connectivity index (χ2v) is 8.60. The maximum atomic E-state index is 13.6. The number of amides is 2. The number of alkyl halides is 1. The minimum atomic E-state index is -0.431. The molecule has 1 aliphatic heterocycles. The van der Waals surface area contributed by atoms with Crippen LogP contribution in [0.25, 0.3) is 21.8 Å². The molecule has 2 amide bonds. The van der Waals surface area contributed by atoms with Crippen LogP contribution in [0.3, 0.4) is 0 Å². The van der Waals surface area contributed by atoms with Crippen LogP contribution in [0.4, 0.5) is 11.4 Å². The number of H-pyrrole nitrogens is 2. The van der Waals surface area contributed by atoms with E-state index in [1.54, 1.807) is 23.1 Å². The quantitative estimate of drug-likeness (QED) is 0.284. The van der Waals surface area contributed by atoms with Crippen LogP contribution in [-0.2, 0) is 0 Å². The van der Waals surface area contributed by atoms with Gasteiger partial charge in [-0.25, -0.2) is 4.98 Å². The summed E-state index contributed by atoms with van der Waals surface area (Å²) in [6, 6.07) is 12.6. The molecule has 0 spiro atoms. The zero-order valence-electron chi connectivity index (χ0n) is 18.1. The highest BCUT2D eigenvalue weighted by molar-refractivity contribution is 6.19. The van der Waals surface area contributed by atoms with Crippen LogP contribution in [0.2, 0.25) is 0 Å². The van der Waals surface area contributed by atoms with E-state index in [1.807, 2.05) is 24.3 Å². The summed E-state index contributed by atoms with van der Waals surface area (Å²) < 4.78 is 0. The Morgan fingerprint density at radius 2 is 2.00 bits per heavy atom. The molecule has 1 atom stereocenters. The molecule has 3 aromatic heterocycles. The van der Waals surface area contributed by atoms with Gasteiger partial charge in [0.1, 0.15) is 17.1 Å². The zero-order chi connectivity index (χ0) is 24.1. The maximum Gasteiger partial charge on any atom is 0.277 e. The van der Waals surface area contributed by atoms with E-state index >= 15 is 0 Å². The summed E-state index contributed by atoms with van der Waals surface area (Å²) in [5.41, 5.74) is 3.03. The van der Waals surface area contributed by atoms with E-state index < -0.39 is 5.91 Å². The molecule has 0 bridgehead atoms. The zero-order valence-corrected chi connectivity index (χ0v) is 18.9. The Labute approximate surface area is 202 Å². The van der Waals surface area contributed by atoms with Crippen LogP contribution in [0.1, 0.15) is 32.5 Å². The SMILES string of the molecule is O=C(Nc1cnc2[nH]c(C(=O)N3C[C@@H](CCl)c4c3cc(O)c3ccccc43)cc2c1)c1cn[nH]n1. The molecule has 0 saturated carbocycles. The summed E-state index contributed by atoms with van der Waals surface area (Å²) in [6.45, 7) is 0.396. The number of carbonyl (C=O) groups is 2. The minimum Gasteiger partial charge on any atom is -0.507 e. The predicted molar refractivity (Wildman–Crippen MR) is 131 cm³/mol. The minimum absolute atomic E-state index is 0.0676. The van der Waals surface area contributed by atoms with Crippen molar-refractivity contribution in [3.8, 4) is 5.75 Å². The first-order chi connectivity index (χ1) is 17.0. The number of nitrogens with one attached hydrogen (secondary N) is 3. The van der Waals surface area contributed by atoms with Crippen molar-refractivity contribution in [3.63, 3.8) is 0 Å². The molecule has 35 heavy (non-hydrogen) atoms. The molecule has 0 fully saturated rings. The van der Waals surface area contributed by atoms with E-state index in [2.05, 4.69) is 30.7 Å². The highest BCUT2D eigenvalue weighted by Crippen LogP contribution is 2.45. The number of benzene rings is 2. The normalized spacial score (nSPS) is 15.0. The number of fused-ring (bicyclic) bond motifs is 4. The van der Waals surface area contributed by atoms with Crippen LogP contribution >= 0.6 is 11.6 Å². The number of aromatic nitrogens is 5. The van der Waals surface area contributed by atoms with Gasteiger partial charge in [-0.15, -0.1) is 11.6 Å². The fraction of sp³-hybridized carbons (Fsp3) is 0.125. The summed E-state index contributed by atoms with van der Waals surface area (Å²) >= 11 is 6.29. The average Bonchev–Trinajstić information content (AvgIpc) is 3.62. The van der Waals surface area contributed by atoms with Crippen LogP contribution in [-0.4, -0.2) is 54.7 Å². The third-order valence-corrected chi connectivity index (χ3v) is 6.55. The van der Waals surface area contributed by atoms with Gasteiger partial charge in [0.25, 0.3) is 11.8 Å². The van der Waals surface area contributed by atoms with E-state index in [1.165, 1.54) is 12.4 Å². The van der Waals surface area contributed by atoms with E-state index in [0.717, 1.165) is 16.3 Å². The first-order valence-electron chi connectivity index (χ1n) is 10.8. The van der Waals surface area contributed by atoms with Crippen molar-refractivity contribution in [3.05, 3.63) is 71.8 Å². The number of phenols is 1. The third-order valence-electron chi connectivity index (χ3n) is 6.18. The van der Waals surface area contributed by atoms with Crippen molar-refractivity contribution in [2.75, 3.05) is 22.6 Å². The summed E-state index contributed by atoms with van der Waals surface area (Å²) in [4.78, 5) is 34.8. The Morgan fingerprint density at radius 1 is 1.17 bits per heavy atom. The van der Waals surface area contributed by atoms with Gasteiger partial charge in [0, 0.05) is 35.2 Å². The summed E-state index contributed by atoms with van der Waals surface area (Å²) in [5.74, 6) is -0.312. The first-order valence-corrected chi connectivity index (χ1v) is 11.3. The van der Waals surface area contributed by atoms with Gasteiger partial charge in [0.2, 0.25) is 0 Å². The topological polar surface area (TPSA) is 140 Å². The standard InChI is InChI=1S/C24H18ClN7O3/c25-8-13-11-32(19-7-20(33)15-3-1-2-4-16(15)21(13)19)24(35)17-6-12-5-14(9-26-22(12)29-17)28-23(34)18-10-27-31-30-18/h1-7,9-10,13,33H,8,11H2,(H,26,29)(H,28,34)(H,27,30,31)/t13-/m1/s1. The highest BCUT2D eigenvalue weighted by Gasteiger charge is 2.35. The predicted octanol–water partition coefficient (Wildman–Crippen LogP) is 3.77. The number of hydrogen-bond acceptors (Lipinski definition) is 6. The van der Waals surface area contributed by atoms with Crippen molar-refractivity contribution < 1.29 is 14.7 Å². The lowest BCUT2D eigenvalue weighted by Crippen LogP contribution is -2.30. The van der Waals surface area contributed by atoms with Gasteiger partial charge in [-0.05, 0) is 23.1 Å². The number of aromatic hydroxyl groups is 1. The Morgan fingerprint density at radius 3 is 2.77 bits per heavy atom.